The molecule has 0 saturated heterocycles. The van der Waals surface area contributed by atoms with Crippen molar-refractivity contribution in [1.29, 1.82) is 0 Å². The average molecular weight is 297 g/mol. The van der Waals surface area contributed by atoms with Crippen molar-refractivity contribution in [3.63, 3.8) is 0 Å². The highest BCUT2D eigenvalue weighted by molar-refractivity contribution is 5.23. The number of hydrogen-bond acceptors (Lipinski definition) is 5. The van der Waals surface area contributed by atoms with Gasteiger partial charge in [0.15, 0.2) is 0 Å². The molecule has 0 aliphatic heterocycles. The predicted octanol–water partition coefficient (Wildman–Crippen LogP) is 1.35. The van der Waals surface area contributed by atoms with Gasteiger partial charge >= 0.3 is 0 Å². The topological polar surface area (TPSA) is 34.4 Å². The van der Waals surface area contributed by atoms with Gasteiger partial charge in [0.25, 0.3) is 0 Å². The van der Waals surface area contributed by atoms with Crippen LogP contribution in [0.2, 0.25) is 0 Å². The van der Waals surface area contributed by atoms with Crippen LogP contribution in [0.1, 0.15) is 20.8 Å². The molecule has 0 bridgehead atoms. The minimum Gasteiger partial charge on any atom is -0.301 e. The summed E-state index contributed by atoms with van der Waals surface area (Å²) in [4.78, 5) is 15.3. The van der Waals surface area contributed by atoms with Gasteiger partial charge in [0.2, 0.25) is 0 Å². The van der Waals surface area contributed by atoms with Gasteiger partial charge in [0.1, 0.15) is 0 Å². The standard InChI is InChI=1S/C16H35N5/c1-6-19(11-9-17-4)13-15-21(8-3)16-14-20(7-2)12-10-18-5/h4-16H2,1-3H3. The Hall–Kier alpha value is -0.780. The summed E-state index contributed by atoms with van der Waals surface area (Å²) >= 11 is 0. The van der Waals surface area contributed by atoms with Crippen molar-refractivity contribution in [3.05, 3.63) is 0 Å². The first kappa shape index (κ1) is 20.2. The zero-order valence-electron chi connectivity index (χ0n) is 14.4. The molecule has 5 nitrogen and oxygen atoms in total. The molecule has 0 aliphatic rings. The Kier molecular flexibility index (Phi) is 13.6. The van der Waals surface area contributed by atoms with E-state index in [0.29, 0.717) is 0 Å². The second-order valence-corrected chi connectivity index (χ2v) is 5.20. The number of rotatable bonds is 15. The third-order valence-electron chi connectivity index (χ3n) is 3.96. The second kappa shape index (κ2) is 14.2. The Labute approximate surface area is 131 Å². The van der Waals surface area contributed by atoms with Gasteiger partial charge in [-0.25, -0.2) is 0 Å². The van der Waals surface area contributed by atoms with Crippen LogP contribution in [-0.2, 0) is 0 Å². The van der Waals surface area contributed by atoms with Crippen LogP contribution in [0.5, 0.6) is 0 Å². The lowest BCUT2D eigenvalue weighted by Crippen LogP contribution is -2.40. The fraction of sp³-hybridized carbons (Fsp3) is 0.875. The molecule has 0 N–H and O–H groups in total. The van der Waals surface area contributed by atoms with E-state index in [1.807, 2.05) is 0 Å². The maximum Gasteiger partial charge on any atom is 0.0509 e. The van der Waals surface area contributed by atoms with E-state index in [-0.39, 0.29) is 0 Å². The Bertz CT molecular complexity index is 233. The van der Waals surface area contributed by atoms with Gasteiger partial charge in [0.05, 0.1) is 13.1 Å². The third-order valence-corrected chi connectivity index (χ3v) is 3.96. The average Bonchev–Trinajstić information content (AvgIpc) is 2.52. The summed E-state index contributed by atoms with van der Waals surface area (Å²) in [6, 6.07) is 0. The van der Waals surface area contributed by atoms with Crippen molar-refractivity contribution in [3.8, 4) is 0 Å². The number of aliphatic imine (C=N–C) groups is 2. The molecule has 0 aliphatic carbocycles. The van der Waals surface area contributed by atoms with E-state index < -0.39 is 0 Å². The van der Waals surface area contributed by atoms with Gasteiger partial charge in [-0.05, 0) is 33.1 Å². The van der Waals surface area contributed by atoms with Crippen LogP contribution in [0.4, 0.5) is 0 Å². The molecule has 124 valence electrons. The molecule has 0 radical (unpaired) electrons. The molecule has 0 amide bonds. The zero-order chi connectivity index (χ0) is 15.9. The largest absolute Gasteiger partial charge is 0.301 e. The first-order valence-corrected chi connectivity index (χ1v) is 8.23. The number of nitrogens with zero attached hydrogens (tertiary/aromatic N) is 5. The molecule has 0 saturated carbocycles. The van der Waals surface area contributed by atoms with Gasteiger partial charge < -0.3 is 14.7 Å². The molecule has 0 aromatic carbocycles. The second-order valence-electron chi connectivity index (χ2n) is 5.20. The molecule has 0 spiro atoms. The van der Waals surface area contributed by atoms with Crippen LogP contribution in [0, 0.1) is 0 Å². The number of hydrogen-bond donors (Lipinski definition) is 0. The fourth-order valence-electron chi connectivity index (χ4n) is 2.27. The van der Waals surface area contributed by atoms with Crippen molar-refractivity contribution in [2.24, 2.45) is 9.98 Å². The summed E-state index contributed by atoms with van der Waals surface area (Å²) in [5.74, 6) is 0. The highest BCUT2D eigenvalue weighted by Gasteiger charge is 2.08. The molecule has 0 fully saturated rings. The molecule has 0 rings (SSSR count). The minimum atomic E-state index is 0.831. The van der Waals surface area contributed by atoms with Crippen LogP contribution in [0.15, 0.2) is 9.98 Å². The van der Waals surface area contributed by atoms with Gasteiger partial charge in [-0.15, -0.1) is 0 Å². The van der Waals surface area contributed by atoms with E-state index in [4.69, 9.17) is 0 Å². The summed E-state index contributed by atoms with van der Waals surface area (Å²) in [6.07, 6.45) is 0. The highest BCUT2D eigenvalue weighted by Crippen LogP contribution is 1.95. The summed E-state index contributed by atoms with van der Waals surface area (Å²) in [6.45, 7) is 25.2. The normalized spacial score (nSPS) is 11.5. The maximum absolute atomic E-state index is 3.94. The minimum absolute atomic E-state index is 0.831. The molecule has 5 heteroatoms. The van der Waals surface area contributed by atoms with E-state index in [2.05, 4.69) is 58.9 Å². The first-order chi connectivity index (χ1) is 10.2. The lowest BCUT2D eigenvalue weighted by atomic mass is 10.3. The Balaban J connectivity index is 4.01. The molecule has 0 atom stereocenters. The van der Waals surface area contributed by atoms with Crippen molar-refractivity contribution in [1.82, 2.24) is 14.7 Å². The molecule has 0 aromatic rings. The van der Waals surface area contributed by atoms with Crippen molar-refractivity contribution in [2.75, 3.05) is 72.0 Å². The smallest absolute Gasteiger partial charge is 0.0509 e. The van der Waals surface area contributed by atoms with Crippen LogP contribution >= 0.6 is 0 Å². The maximum atomic E-state index is 3.94. The summed E-state index contributed by atoms with van der Waals surface area (Å²) in [7, 11) is 0. The van der Waals surface area contributed by atoms with Crippen molar-refractivity contribution < 1.29 is 0 Å². The molecular weight excluding hydrogens is 262 g/mol. The quantitative estimate of drug-likeness (QED) is 0.428. The summed E-state index contributed by atoms with van der Waals surface area (Å²) < 4.78 is 0. The van der Waals surface area contributed by atoms with Gasteiger partial charge in [-0.2, -0.15) is 0 Å². The Morgan fingerprint density at radius 3 is 1.10 bits per heavy atom. The van der Waals surface area contributed by atoms with E-state index in [9.17, 15) is 0 Å². The van der Waals surface area contributed by atoms with Crippen LogP contribution < -0.4 is 0 Å². The monoisotopic (exact) mass is 297 g/mol. The molecule has 0 heterocycles. The van der Waals surface area contributed by atoms with E-state index in [1.54, 1.807) is 0 Å². The molecule has 0 unspecified atom stereocenters. The SMILES string of the molecule is C=NCCN(CC)CCN(CC)CCN(CC)CCN=C. The molecule has 21 heavy (non-hydrogen) atoms. The number of likely N-dealkylation sites (N-methyl/N-ethyl adjacent to an activating group) is 3. The van der Waals surface area contributed by atoms with Crippen molar-refractivity contribution >= 4 is 13.4 Å². The summed E-state index contributed by atoms with van der Waals surface area (Å²) in [5.41, 5.74) is 0. The lowest BCUT2D eigenvalue weighted by Gasteiger charge is -2.28. The first-order valence-electron chi connectivity index (χ1n) is 8.23. The van der Waals surface area contributed by atoms with E-state index in [0.717, 1.165) is 72.0 Å². The van der Waals surface area contributed by atoms with Crippen molar-refractivity contribution in [2.45, 2.75) is 20.8 Å². The fourth-order valence-corrected chi connectivity index (χ4v) is 2.27. The lowest BCUT2D eigenvalue weighted by molar-refractivity contribution is 0.189. The van der Waals surface area contributed by atoms with Crippen LogP contribution in [0.3, 0.4) is 0 Å². The van der Waals surface area contributed by atoms with E-state index in [1.165, 1.54) is 0 Å². The van der Waals surface area contributed by atoms with Gasteiger partial charge in [-0.1, -0.05) is 20.8 Å². The van der Waals surface area contributed by atoms with Gasteiger partial charge in [0, 0.05) is 39.3 Å². The Morgan fingerprint density at radius 1 is 0.571 bits per heavy atom. The summed E-state index contributed by atoms with van der Waals surface area (Å²) in [5, 5.41) is 0. The Morgan fingerprint density at radius 2 is 0.857 bits per heavy atom. The molecule has 0 aromatic heterocycles. The third kappa shape index (κ3) is 10.6. The van der Waals surface area contributed by atoms with E-state index >= 15 is 0 Å². The predicted molar refractivity (Wildman–Crippen MR) is 95.2 cm³/mol. The zero-order valence-corrected chi connectivity index (χ0v) is 14.4. The van der Waals surface area contributed by atoms with Crippen LogP contribution in [-0.4, -0.2) is 100 Å². The van der Waals surface area contributed by atoms with Gasteiger partial charge in [-0.3, -0.25) is 9.98 Å². The highest BCUT2D eigenvalue weighted by atomic mass is 15.2. The van der Waals surface area contributed by atoms with Crippen LogP contribution in [0.25, 0.3) is 0 Å². The molecular formula is C16H35N5.